The van der Waals surface area contributed by atoms with Gasteiger partial charge < -0.3 is 10.0 Å². The Hall–Kier alpha value is -3.99. The van der Waals surface area contributed by atoms with Crippen LogP contribution in [0.25, 0.3) is 17.2 Å². The highest BCUT2D eigenvalue weighted by Crippen LogP contribution is 2.29. The average Bonchev–Trinajstić information content (AvgIpc) is 3.28. The molecule has 8 heteroatoms. The second-order valence-corrected chi connectivity index (χ2v) is 6.92. The number of rotatable bonds is 6. The van der Waals surface area contributed by atoms with E-state index in [1.807, 2.05) is 4.90 Å². The molecule has 1 aliphatic heterocycles. The van der Waals surface area contributed by atoms with Crippen LogP contribution in [-0.2, 0) is 4.79 Å². The van der Waals surface area contributed by atoms with Crippen LogP contribution in [0.3, 0.4) is 0 Å². The molecule has 2 aromatic carbocycles. The summed E-state index contributed by atoms with van der Waals surface area (Å²) in [6.07, 6.45) is 2.80. The number of nitro groups is 1. The van der Waals surface area contributed by atoms with Crippen LogP contribution >= 0.6 is 0 Å². The molecule has 0 aromatic heterocycles. The van der Waals surface area contributed by atoms with E-state index in [2.05, 4.69) is 0 Å². The summed E-state index contributed by atoms with van der Waals surface area (Å²) in [5.74, 6) is -1.32. The Kier molecular flexibility index (Phi) is 6.23. The van der Waals surface area contributed by atoms with Gasteiger partial charge in [-0.3, -0.25) is 14.9 Å². The van der Waals surface area contributed by atoms with Crippen LogP contribution in [0.15, 0.2) is 48.0 Å². The summed E-state index contributed by atoms with van der Waals surface area (Å²) in [4.78, 5) is 36.4. The maximum Gasteiger partial charge on any atom is 0.332 e. The third-order valence-corrected chi connectivity index (χ3v) is 4.96. The Bertz CT molecular complexity index is 1060. The maximum absolute atomic E-state index is 12.5. The molecule has 30 heavy (non-hydrogen) atoms. The lowest BCUT2D eigenvalue weighted by molar-refractivity contribution is -0.385. The van der Waals surface area contributed by atoms with Crippen molar-refractivity contribution < 1.29 is 19.6 Å². The summed E-state index contributed by atoms with van der Waals surface area (Å²) in [6.45, 7) is 1.51. The van der Waals surface area contributed by atoms with Gasteiger partial charge in [-0.15, -0.1) is 0 Å². The number of nitriles is 1. The molecule has 152 valence electrons. The highest BCUT2D eigenvalue weighted by Gasteiger charge is 2.20. The Labute approximate surface area is 172 Å². The average molecular weight is 405 g/mol. The van der Waals surface area contributed by atoms with E-state index >= 15 is 0 Å². The third kappa shape index (κ3) is 4.52. The van der Waals surface area contributed by atoms with Crippen LogP contribution < -0.4 is 0 Å². The normalized spacial score (nSPS) is 13.7. The Morgan fingerprint density at radius 2 is 1.77 bits per heavy atom. The molecule has 1 fully saturated rings. The van der Waals surface area contributed by atoms with Crippen LogP contribution in [0.5, 0.6) is 0 Å². The molecule has 1 amide bonds. The number of carbonyl (C=O) groups is 2. The lowest BCUT2D eigenvalue weighted by Crippen LogP contribution is -2.27. The third-order valence-electron chi connectivity index (χ3n) is 4.96. The van der Waals surface area contributed by atoms with E-state index in [4.69, 9.17) is 10.4 Å². The summed E-state index contributed by atoms with van der Waals surface area (Å²) in [6, 6.07) is 13.1. The number of nitrogens with zero attached hydrogens (tertiary/aromatic N) is 3. The molecule has 0 unspecified atom stereocenters. The van der Waals surface area contributed by atoms with Gasteiger partial charge in [0.05, 0.1) is 28.5 Å². The van der Waals surface area contributed by atoms with Gasteiger partial charge in [-0.25, -0.2) is 4.79 Å². The molecule has 1 saturated heterocycles. The molecule has 0 bridgehead atoms. The molecule has 2 aromatic rings. The van der Waals surface area contributed by atoms with Gasteiger partial charge in [-0.05, 0) is 48.2 Å². The van der Waals surface area contributed by atoms with E-state index in [0.29, 0.717) is 16.7 Å². The molecule has 0 saturated carbocycles. The van der Waals surface area contributed by atoms with E-state index in [9.17, 15) is 19.7 Å². The number of carbonyl (C=O) groups excluding carboxylic acids is 1. The number of nitro benzene ring substituents is 1. The molecule has 0 spiro atoms. The SMILES string of the molecule is N#CC/C(=C\c1ccc(-c2ccc(C(=O)N3CCCC3)cc2)cc1[N+](=O)[O-])C(=O)O. The topological polar surface area (TPSA) is 125 Å². The summed E-state index contributed by atoms with van der Waals surface area (Å²) in [5.41, 5.74) is 1.45. The zero-order valence-corrected chi connectivity index (χ0v) is 16.1. The van der Waals surface area contributed by atoms with Crippen LogP contribution in [0, 0.1) is 21.4 Å². The van der Waals surface area contributed by atoms with Gasteiger partial charge in [0.15, 0.2) is 0 Å². The lowest BCUT2D eigenvalue weighted by Gasteiger charge is -2.15. The Morgan fingerprint density at radius 1 is 1.13 bits per heavy atom. The van der Waals surface area contributed by atoms with Crippen molar-refractivity contribution in [3.05, 3.63) is 69.3 Å². The Balaban J connectivity index is 1.91. The molecule has 1 N–H and O–H groups in total. The van der Waals surface area contributed by atoms with Crippen LogP contribution in [0.2, 0.25) is 0 Å². The first-order valence-electron chi connectivity index (χ1n) is 9.39. The molecule has 1 heterocycles. The lowest BCUT2D eigenvalue weighted by atomic mass is 9.99. The standard InChI is InChI=1S/C22H19N3O5/c23-10-9-19(22(27)28)13-18-8-7-17(14-20(18)25(29)30)15-3-5-16(6-4-15)21(26)24-11-1-2-12-24/h3-8,13-14H,1-2,9,11-12H2,(H,27,28)/b19-13+. The minimum absolute atomic E-state index is 0.0239. The number of hydrogen-bond donors (Lipinski definition) is 1. The smallest absolute Gasteiger partial charge is 0.332 e. The number of carboxylic acid groups (broad SMARTS) is 1. The molecular formula is C22H19N3O5. The van der Waals surface area contributed by atoms with E-state index in [1.54, 1.807) is 36.4 Å². The van der Waals surface area contributed by atoms with Crippen molar-refractivity contribution in [1.29, 1.82) is 5.26 Å². The molecule has 3 rings (SSSR count). The monoisotopic (exact) mass is 405 g/mol. The summed E-state index contributed by atoms with van der Waals surface area (Å²) in [5, 5.41) is 29.4. The number of aliphatic carboxylic acids is 1. The van der Waals surface area contributed by atoms with Crippen molar-refractivity contribution in [2.45, 2.75) is 19.3 Å². The molecule has 1 aliphatic rings. The quantitative estimate of drug-likeness (QED) is 0.442. The minimum Gasteiger partial charge on any atom is -0.478 e. The number of carboxylic acids is 1. The van der Waals surface area contributed by atoms with Gasteiger partial charge in [-0.2, -0.15) is 5.26 Å². The molecule has 0 aliphatic carbocycles. The second-order valence-electron chi connectivity index (χ2n) is 6.92. The summed E-state index contributed by atoms with van der Waals surface area (Å²) in [7, 11) is 0. The van der Waals surface area contributed by atoms with Gasteiger partial charge in [-0.1, -0.05) is 18.2 Å². The predicted octanol–water partition coefficient (Wildman–Crippen LogP) is 3.88. The van der Waals surface area contributed by atoms with Crippen molar-refractivity contribution in [3.8, 4) is 17.2 Å². The van der Waals surface area contributed by atoms with Gasteiger partial charge in [0.25, 0.3) is 11.6 Å². The zero-order chi connectivity index (χ0) is 21.7. The van der Waals surface area contributed by atoms with Gasteiger partial charge in [0.1, 0.15) is 0 Å². The fourth-order valence-electron chi connectivity index (χ4n) is 3.37. The van der Waals surface area contributed by atoms with E-state index in [-0.39, 0.29) is 29.2 Å². The number of benzene rings is 2. The maximum atomic E-state index is 12.5. The van der Waals surface area contributed by atoms with Crippen molar-refractivity contribution in [1.82, 2.24) is 4.90 Å². The van der Waals surface area contributed by atoms with E-state index < -0.39 is 10.9 Å². The summed E-state index contributed by atoms with van der Waals surface area (Å²) >= 11 is 0. The Morgan fingerprint density at radius 3 is 2.33 bits per heavy atom. The fourth-order valence-corrected chi connectivity index (χ4v) is 3.37. The minimum atomic E-state index is -1.30. The van der Waals surface area contributed by atoms with Crippen LogP contribution in [0.1, 0.15) is 35.2 Å². The van der Waals surface area contributed by atoms with Crippen molar-refractivity contribution in [3.63, 3.8) is 0 Å². The van der Waals surface area contributed by atoms with Crippen LogP contribution in [-0.4, -0.2) is 39.9 Å². The highest BCUT2D eigenvalue weighted by molar-refractivity contribution is 5.95. The summed E-state index contributed by atoms with van der Waals surface area (Å²) < 4.78 is 0. The second kappa shape index (κ2) is 9.01. The van der Waals surface area contributed by atoms with Crippen molar-refractivity contribution in [2.24, 2.45) is 0 Å². The van der Waals surface area contributed by atoms with Crippen LogP contribution in [0.4, 0.5) is 5.69 Å². The predicted molar refractivity (Wildman–Crippen MR) is 110 cm³/mol. The van der Waals surface area contributed by atoms with Gasteiger partial charge in [0, 0.05) is 24.7 Å². The molecular weight excluding hydrogens is 386 g/mol. The van der Waals surface area contributed by atoms with E-state index in [0.717, 1.165) is 32.0 Å². The first-order chi connectivity index (χ1) is 14.4. The number of amides is 1. The van der Waals surface area contributed by atoms with E-state index in [1.165, 1.54) is 12.1 Å². The molecule has 0 atom stereocenters. The first-order valence-corrected chi connectivity index (χ1v) is 9.39. The number of likely N-dealkylation sites (tertiary alicyclic amines) is 1. The largest absolute Gasteiger partial charge is 0.478 e. The van der Waals surface area contributed by atoms with Crippen molar-refractivity contribution >= 4 is 23.6 Å². The van der Waals surface area contributed by atoms with Crippen molar-refractivity contribution in [2.75, 3.05) is 13.1 Å². The van der Waals surface area contributed by atoms with Gasteiger partial charge in [0.2, 0.25) is 0 Å². The van der Waals surface area contributed by atoms with Gasteiger partial charge >= 0.3 is 5.97 Å². The molecule has 0 radical (unpaired) electrons. The zero-order valence-electron chi connectivity index (χ0n) is 16.1. The number of hydrogen-bond acceptors (Lipinski definition) is 5. The first kappa shape index (κ1) is 20.7. The fraction of sp³-hybridized carbons (Fsp3) is 0.227. The molecule has 8 nitrogen and oxygen atoms in total. The highest BCUT2D eigenvalue weighted by atomic mass is 16.6.